The fraction of sp³-hybridized carbons (Fsp3) is 0.188. The predicted octanol–water partition coefficient (Wildman–Crippen LogP) is 1.82. The van der Waals surface area contributed by atoms with E-state index in [4.69, 9.17) is 0 Å². The number of carbonyl (C=O) groups excluding carboxylic acids is 1. The number of aryl methyl sites for hydroxylation is 1. The van der Waals surface area contributed by atoms with Gasteiger partial charge in [0.1, 0.15) is 6.04 Å². The molecule has 5 heteroatoms. The zero-order valence-corrected chi connectivity index (χ0v) is 11.6. The zero-order valence-electron chi connectivity index (χ0n) is 11.6. The molecule has 1 heterocycles. The summed E-state index contributed by atoms with van der Waals surface area (Å²) in [7, 11) is 0. The topological polar surface area (TPSA) is 79.3 Å². The number of pyridine rings is 1. The summed E-state index contributed by atoms with van der Waals surface area (Å²) in [6.45, 7) is 1.82. The van der Waals surface area contributed by atoms with Crippen LogP contribution in [0.1, 0.15) is 21.5 Å². The first-order valence-corrected chi connectivity index (χ1v) is 6.55. The number of carbonyl (C=O) groups is 2. The van der Waals surface area contributed by atoms with Crippen molar-refractivity contribution in [2.45, 2.75) is 19.4 Å². The van der Waals surface area contributed by atoms with Crippen LogP contribution in [0.4, 0.5) is 0 Å². The SMILES string of the molecule is Cc1cncc(C(=O)N[C@H](Cc2ccccc2)C(=O)O)c1. The molecule has 1 amide bonds. The average Bonchev–Trinajstić information content (AvgIpc) is 2.47. The van der Waals surface area contributed by atoms with Crippen molar-refractivity contribution >= 4 is 11.9 Å². The maximum atomic E-state index is 12.1. The van der Waals surface area contributed by atoms with Crippen LogP contribution in [0, 0.1) is 6.92 Å². The molecule has 108 valence electrons. The summed E-state index contributed by atoms with van der Waals surface area (Å²) in [5, 5.41) is 11.8. The van der Waals surface area contributed by atoms with E-state index in [0.29, 0.717) is 5.56 Å². The lowest BCUT2D eigenvalue weighted by Crippen LogP contribution is -2.42. The Hall–Kier alpha value is -2.69. The van der Waals surface area contributed by atoms with Crippen LogP contribution in [0.5, 0.6) is 0 Å². The summed E-state index contributed by atoms with van der Waals surface area (Å²) in [4.78, 5) is 27.3. The Morgan fingerprint density at radius 3 is 2.57 bits per heavy atom. The number of hydrogen-bond donors (Lipinski definition) is 2. The van der Waals surface area contributed by atoms with Crippen molar-refractivity contribution in [3.8, 4) is 0 Å². The fourth-order valence-corrected chi connectivity index (χ4v) is 1.97. The van der Waals surface area contributed by atoms with Gasteiger partial charge in [-0.05, 0) is 24.1 Å². The number of nitrogens with one attached hydrogen (secondary N) is 1. The van der Waals surface area contributed by atoms with Crippen LogP contribution < -0.4 is 5.32 Å². The normalized spacial score (nSPS) is 11.7. The minimum Gasteiger partial charge on any atom is -0.480 e. The molecule has 0 aliphatic rings. The largest absolute Gasteiger partial charge is 0.480 e. The van der Waals surface area contributed by atoms with Gasteiger partial charge in [-0.3, -0.25) is 9.78 Å². The number of benzene rings is 1. The minimum absolute atomic E-state index is 0.237. The van der Waals surface area contributed by atoms with Crippen LogP contribution in [0.15, 0.2) is 48.8 Å². The molecular weight excluding hydrogens is 268 g/mol. The van der Waals surface area contributed by atoms with Gasteiger partial charge in [0, 0.05) is 18.8 Å². The van der Waals surface area contributed by atoms with Crippen LogP contribution in [0.3, 0.4) is 0 Å². The van der Waals surface area contributed by atoms with E-state index in [1.54, 1.807) is 12.3 Å². The molecule has 0 aliphatic heterocycles. The number of nitrogens with zero attached hydrogens (tertiary/aromatic N) is 1. The Morgan fingerprint density at radius 1 is 1.24 bits per heavy atom. The quantitative estimate of drug-likeness (QED) is 0.877. The Balaban J connectivity index is 2.10. The van der Waals surface area contributed by atoms with Crippen molar-refractivity contribution in [1.29, 1.82) is 0 Å². The molecule has 0 radical (unpaired) electrons. The summed E-state index contributed by atoms with van der Waals surface area (Å²) < 4.78 is 0. The second kappa shape index (κ2) is 6.65. The Kier molecular flexibility index (Phi) is 4.66. The fourth-order valence-electron chi connectivity index (χ4n) is 1.97. The predicted molar refractivity (Wildman–Crippen MR) is 78.0 cm³/mol. The molecule has 0 bridgehead atoms. The monoisotopic (exact) mass is 284 g/mol. The van der Waals surface area contributed by atoms with Gasteiger partial charge < -0.3 is 10.4 Å². The summed E-state index contributed by atoms with van der Waals surface area (Å²) >= 11 is 0. The van der Waals surface area contributed by atoms with Gasteiger partial charge in [-0.25, -0.2) is 4.79 Å². The summed E-state index contributed by atoms with van der Waals surface area (Å²) in [6.07, 6.45) is 3.29. The Labute approximate surface area is 122 Å². The smallest absolute Gasteiger partial charge is 0.326 e. The first-order chi connectivity index (χ1) is 10.1. The molecule has 2 N–H and O–H groups in total. The molecule has 0 aliphatic carbocycles. The third-order valence-electron chi connectivity index (χ3n) is 3.02. The van der Waals surface area contributed by atoms with Crippen molar-refractivity contribution in [2.75, 3.05) is 0 Å². The van der Waals surface area contributed by atoms with Crippen molar-refractivity contribution in [2.24, 2.45) is 0 Å². The van der Waals surface area contributed by atoms with E-state index in [0.717, 1.165) is 11.1 Å². The van der Waals surface area contributed by atoms with Gasteiger partial charge in [-0.15, -0.1) is 0 Å². The second-order valence-electron chi connectivity index (χ2n) is 4.80. The highest BCUT2D eigenvalue weighted by Gasteiger charge is 2.21. The summed E-state index contributed by atoms with van der Waals surface area (Å²) in [5.41, 5.74) is 2.06. The minimum atomic E-state index is -1.06. The number of aromatic nitrogens is 1. The van der Waals surface area contributed by atoms with Crippen LogP contribution in [-0.4, -0.2) is 28.0 Å². The first-order valence-electron chi connectivity index (χ1n) is 6.55. The highest BCUT2D eigenvalue weighted by atomic mass is 16.4. The average molecular weight is 284 g/mol. The number of rotatable bonds is 5. The molecule has 2 rings (SSSR count). The molecule has 0 unspecified atom stereocenters. The number of amides is 1. The van der Waals surface area contributed by atoms with Gasteiger partial charge in [-0.1, -0.05) is 30.3 Å². The molecule has 1 aromatic heterocycles. The van der Waals surface area contributed by atoms with Crippen LogP contribution in [0.2, 0.25) is 0 Å². The van der Waals surface area contributed by atoms with Crippen LogP contribution in [-0.2, 0) is 11.2 Å². The van der Waals surface area contributed by atoms with Crippen LogP contribution in [0.25, 0.3) is 0 Å². The lowest BCUT2D eigenvalue weighted by molar-refractivity contribution is -0.139. The lowest BCUT2D eigenvalue weighted by Gasteiger charge is -2.14. The van der Waals surface area contributed by atoms with E-state index in [-0.39, 0.29) is 6.42 Å². The molecule has 1 aromatic carbocycles. The van der Waals surface area contributed by atoms with Gasteiger partial charge in [0.2, 0.25) is 0 Å². The second-order valence-corrected chi connectivity index (χ2v) is 4.80. The summed E-state index contributed by atoms with van der Waals surface area (Å²) in [6, 6.07) is 9.88. The summed E-state index contributed by atoms with van der Waals surface area (Å²) in [5.74, 6) is -1.50. The Morgan fingerprint density at radius 2 is 1.95 bits per heavy atom. The molecule has 0 saturated carbocycles. The third kappa shape index (κ3) is 4.14. The van der Waals surface area contributed by atoms with Gasteiger partial charge in [0.25, 0.3) is 5.91 Å². The van der Waals surface area contributed by atoms with E-state index in [2.05, 4.69) is 10.3 Å². The molecule has 5 nitrogen and oxygen atoms in total. The van der Waals surface area contributed by atoms with Gasteiger partial charge in [-0.2, -0.15) is 0 Å². The standard InChI is InChI=1S/C16H16N2O3/c1-11-7-13(10-17-9-11)15(19)18-14(16(20)21)8-12-5-3-2-4-6-12/h2-7,9-10,14H,8H2,1H3,(H,18,19)(H,20,21)/t14-/m1/s1. The molecular formula is C16H16N2O3. The molecule has 0 saturated heterocycles. The van der Waals surface area contributed by atoms with E-state index in [1.807, 2.05) is 37.3 Å². The molecule has 0 fully saturated rings. The van der Waals surface area contributed by atoms with Gasteiger partial charge >= 0.3 is 5.97 Å². The van der Waals surface area contributed by atoms with Gasteiger partial charge in [0.15, 0.2) is 0 Å². The van der Waals surface area contributed by atoms with Crippen LogP contribution >= 0.6 is 0 Å². The highest BCUT2D eigenvalue weighted by Crippen LogP contribution is 2.06. The molecule has 1 atom stereocenters. The number of carboxylic acid groups (broad SMARTS) is 1. The highest BCUT2D eigenvalue weighted by molar-refractivity contribution is 5.96. The van der Waals surface area contributed by atoms with Crippen molar-refractivity contribution in [3.63, 3.8) is 0 Å². The van der Waals surface area contributed by atoms with Gasteiger partial charge in [0.05, 0.1) is 5.56 Å². The third-order valence-corrected chi connectivity index (χ3v) is 3.02. The maximum Gasteiger partial charge on any atom is 0.326 e. The number of hydrogen-bond acceptors (Lipinski definition) is 3. The molecule has 0 spiro atoms. The van der Waals surface area contributed by atoms with E-state index in [1.165, 1.54) is 6.20 Å². The van der Waals surface area contributed by atoms with Crippen molar-refractivity contribution < 1.29 is 14.7 Å². The van der Waals surface area contributed by atoms with E-state index in [9.17, 15) is 14.7 Å². The molecule has 21 heavy (non-hydrogen) atoms. The van der Waals surface area contributed by atoms with E-state index < -0.39 is 17.9 Å². The number of carboxylic acids is 1. The maximum absolute atomic E-state index is 12.1. The zero-order chi connectivity index (χ0) is 15.2. The van der Waals surface area contributed by atoms with Crippen molar-refractivity contribution in [3.05, 3.63) is 65.5 Å². The van der Waals surface area contributed by atoms with E-state index >= 15 is 0 Å². The first kappa shape index (κ1) is 14.7. The Bertz CT molecular complexity index is 641. The number of aliphatic carboxylic acids is 1. The lowest BCUT2D eigenvalue weighted by atomic mass is 10.1. The van der Waals surface area contributed by atoms with Crippen molar-refractivity contribution in [1.82, 2.24) is 10.3 Å². The molecule has 2 aromatic rings.